The van der Waals surface area contributed by atoms with Crippen LogP contribution in [0.25, 0.3) is 11.3 Å². The molecule has 0 aliphatic heterocycles. The molecular formula is C16H13ClN4O. The molecule has 110 valence electrons. The van der Waals surface area contributed by atoms with Crippen LogP contribution in [0, 0.1) is 0 Å². The molecule has 2 aromatic carbocycles. The average molecular weight is 313 g/mol. The van der Waals surface area contributed by atoms with Crippen molar-refractivity contribution in [1.82, 2.24) is 15.4 Å². The zero-order chi connectivity index (χ0) is 15.4. The first kappa shape index (κ1) is 14.3. The number of hydrogen-bond acceptors (Lipinski definition) is 4. The minimum absolute atomic E-state index is 0.679. The van der Waals surface area contributed by atoms with Gasteiger partial charge >= 0.3 is 0 Å². The minimum Gasteiger partial charge on any atom is -0.457 e. The smallest absolute Gasteiger partial charge is 0.131 e. The van der Waals surface area contributed by atoms with Gasteiger partial charge in [0.1, 0.15) is 22.9 Å². The van der Waals surface area contributed by atoms with Crippen LogP contribution < -0.4 is 4.74 Å². The summed E-state index contributed by atoms with van der Waals surface area (Å²) in [6, 6.07) is 14.8. The lowest BCUT2D eigenvalue weighted by Gasteiger charge is -2.06. The second-order valence-electron chi connectivity index (χ2n) is 4.53. The first-order chi connectivity index (χ1) is 10.8. The lowest BCUT2D eigenvalue weighted by atomic mass is 10.1. The molecule has 0 unspecified atom stereocenters. The van der Waals surface area contributed by atoms with Crippen LogP contribution in [-0.2, 0) is 0 Å². The van der Waals surface area contributed by atoms with Gasteiger partial charge in [-0.3, -0.25) is 4.99 Å². The number of nitrogens with one attached hydrogen (secondary N) is 1. The van der Waals surface area contributed by atoms with Crippen molar-refractivity contribution in [3.63, 3.8) is 0 Å². The summed E-state index contributed by atoms with van der Waals surface area (Å²) >= 11 is 5.85. The maximum Gasteiger partial charge on any atom is 0.131 e. The Labute approximate surface area is 132 Å². The lowest BCUT2D eigenvalue weighted by Crippen LogP contribution is -1.88. The first-order valence-electron chi connectivity index (χ1n) is 6.63. The molecule has 0 saturated heterocycles. The molecule has 1 aromatic heterocycles. The lowest BCUT2D eigenvalue weighted by molar-refractivity contribution is 0.483. The van der Waals surface area contributed by atoms with Gasteiger partial charge in [0.05, 0.1) is 6.21 Å². The van der Waals surface area contributed by atoms with E-state index in [1.54, 1.807) is 25.4 Å². The van der Waals surface area contributed by atoms with Crippen molar-refractivity contribution in [2.45, 2.75) is 0 Å². The molecule has 0 fully saturated rings. The number of rotatable bonds is 4. The van der Waals surface area contributed by atoms with Crippen LogP contribution in [0.5, 0.6) is 11.5 Å². The van der Waals surface area contributed by atoms with Crippen molar-refractivity contribution < 1.29 is 4.74 Å². The SMILES string of the molecule is CN=Cc1n[nH]nc1-c1ccc(Oc2ccc(Cl)cc2)cc1. The fraction of sp³-hybridized carbons (Fsp3) is 0.0625. The third-order valence-corrected chi connectivity index (χ3v) is 3.26. The highest BCUT2D eigenvalue weighted by Gasteiger charge is 2.08. The van der Waals surface area contributed by atoms with Gasteiger partial charge in [-0.05, 0) is 48.5 Å². The Morgan fingerprint density at radius 2 is 1.64 bits per heavy atom. The highest BCUT2D eigenvalue weighted by molar-refractivity contribution is 6.30. The average Bonchev–Trinajstić information content (AvgIpc) is 2.99. The molecule has 0 spiro atoms. The molecule has 0 radical (unpaired) electrons. The Balaban J connectivity index is 1.80. The van der Waals surface area contributed by atoms with Gasteiger partial charge in [-0.15, -0.1) is 0 Å². The molecule has 0 aliphatic carbocycles. The molecular weight excluding hydrogens is 300 g/mol. The zero-order valence-corrected chi connectivity index (χ0v) is 12.6. The molecule has 0 atom stereocenters. The van der Waals surface area contributed by atoms with E-state index in [1.807, 2.05) is 36.4 Å². The topological polar surface area (TPSA) is 63.2 Å². The fourth-order valence-electron chi connectivity index (χ4n) is 1.98. The molecule has 5 nitrogen and oxygen atoms in total. The largest absolute Gasteiger partial charge is 0.457 e. The van der Waals surface area contributed by atoms with E-state index in [4.69, 9.17) is 16.3 Å². The molecule has 6 heteroatoms. The van der Waals surface area contributed by atoms with E-state index in [0.717, 1.165) is 22.8 Å². The van der Waals surface area contributed by atoms with Gasteiger partial charge < -0.3 is 4.74 Å². The van der Waals surface area contributed by atoms with E-state index >= 15 is 0 Å². The van der Waals surface area contributed by atoms with Crippen molar-refractivity contribution in [2.24, 2.45) is 4.99 Å². The van der Waals surface area contributed by atoms with Crippen molar-refractivity contribution in [2.75, 3.05) is 7.05 Å². The van der Waals surface area contributed by atoms with Crippen LogP contribution in [0.4, 0.5) is 0 Å². The molecule has 1 N–H and O–H groups in total. The number of nitrogens with zero attached hydrogens (tertiary/aromatic N) is 3. The predicted molar refractivity (Wildman–Crippen MR) is 86.9 cm³/mol. The number of hydrogen-bond donors (Lipinski definition) is 1. The van der Waals surface area contributed by atoms with Crippen molar-refractivity contribution in [3.05, 3.63) is 59.2 Å². The number of aromatic nitrogens is 3. The van der Waals surface area contributed by atoms with E-state index in [0.29, 0.717) is 10.7 Å². The van der Waals surface area contributed by atoms with Gasteiger partial charge in [0.2, 0.25) is 0 Å². The standard InChI is InChI=1S/C16H13ClN4O/c1-18-10-15-16(20-21-19-15)11-2-6-13(7-3-11)22-14-8-4-12(17)5-9-14/h2-10H,1H3,(H,19,20,21). The number of benzene rings is 2. The quantitative estimate of drug-likeness (QED) is 0.741. The molecule has 3 aromatic rings. The van der Waals surface area contributed by atoms with Crippen molar-refractivity contribution in [3.8, 4) is 22.8 Å². The highest BCUT2D eigenvalue weighted by atomic mass is 35.5. The number of H-pyrrole nitrogens is 1. The van der Waals surface area contributed by atoms with Gasteiger partial charge in [0, 0.05) is 17.6 Å². The summed E-state index contributed by atoms with van der Waals surface area (Å²) in [5.74, 6) is 1.47. The fourth-order valence-corrected chi connectivity index (χ4v) is 2.11. The maximum absolute atomic E-state index is 5.85. The molecule has 0 saturated carbocycles. The second kappa shape index (κ2) is 6.41. The summed E-state index contributed by atoms with van der Waals surface area (Å²) in [7, 11) is 1.70. The van der Waals surface area contributed by atoms with E-state index in [9.17, 15) is 0 Å². The van der Waals surface area contributed by atoms with E-state index in [1.165, 1.54) is 0 Å². The summed E-state index contributed by atoms with van der Waals surface area (Å²) in [5.41, 5.74) is 2.39. The van der Waals surface area contributed by atoms with Crippen LogP contribution in [-0.4, -0.2) is 28.7 Å². The van der Waals surface area contributed by atoms with Gasteiger partial charge in [-0.1, -0.05) is 11.6 Å². The second-order valence-corrected chi connectivity index (χ2v) is 4.96. The molecule has 22 heavy (non-hydrogen) atoms. The number of halogens is 1. The van der Waals surface area contributed by atoms with Crippen LogP contribution in [0.2, 0.25) is 5.02 Å². The monoisotopic (exact) mass is 312 g/mol. The van der Waals surface area contributed by atoms with Crippen LogP contribution in [0.3, 0.4) is 0 Å². The molecule has 0 amide bonds. The molecule has 0 bridgehead atoms. The van der Waals surface area contributed by atoms with Gasteiger partial charge in [-0.25, -0.2) is 0 Å². The van der Waals surface area contributed by atoms with E-state index in [-0.39, 0.29) is 0 Å². The van der Waals surface area contributed by atoms with Gasteiger partial charge in [-0.2, -0.15) is 15.4 Å². The predicted octanol–water partition coefficient (Wildman–Crippen LogP) is 3.97. The Morgan fingerprint density at radius 3 is 2.27 bits per heavy atom. The number of ether oxygens (including phenoxy) is 1. The van der Waals surface area contributed by atoms with Crippen molar-refractivity contribution in [1.29, 1.82) is 0 Å². The van der Waals surface area contributed by atoms with Gasteiger partial charge in [0.15, 0.2) is 0 Å². The summed E-state index contributed by atoms with van der Waals surface area (Å²) in [6.07, 6.45) is 1.66. The van der Waals surface area contributed by atoms with E-state index < -0.39 is 0 Å². The normalized spacial score (nSPS) is 11.0. The summed E-state index contributed by atoms with van der Waals surface area (Å²) in [6.45, 7) is 0. The summed E-state index contributed by atoms with van der Waals surface area (Å²) < 4.78 is 5.75. The third-order valence-electron chi connectivity index (χ3n) is 3.00. The molecule has 3 rings (SSSR count). The van der Waals surface area contributed by atoms with Crippen molar-refractivity contribution >= 4 is 17.8 Å². The Morgan fingerprint density at radius 1 is 1.00 bits per heavy atom. The third kappa shape index (κ3) is 3.15. The summed E-state index contributed by atoms with van der Waals surface area (Å²) in [4.78, 5) is 3.96. The highest BCUT2D eigenvalue weighted by Crippen LogP contribution is 2.26. The van der Waals surface area contributed by atoms with Crippen LogP contribution in [0.1, 0.15) is 5.69 Å². The Bertz CT molecular complexity index is 779. The number of aliphatic imine (C=N–C) groups is 1. The maximum atomic E-state index is 5.85. The minimum atomic E-state index is 0.679. The first-order valence-corrected chi connectivity index (χ1v) is 7.01. The number of aromatic amines is 1. The molecule has 0 aliphatic rings. The van der Waals surface area contributed by atoms with E-state index in [2.05, 4.69) is 20.4 Å². The molecule has 1 heterocycles. The Kier molecular flexibility index (Phi) is 4.16. The zero-order valence-electron chi connectivity index (χ0n) is 11.8. The van der Waals surface area contributed by atoms with Gasteiger partial charge in [0.25, 0.3) is 0 Å². The summed E-state index contributed by atoms with van der Waals surface area (Å²) in [5, 5.41) is 11.5. The van der Waals surface area contributed by atoms with Crippen LogP contribution in [0.15, 0.2) is 53.5 Å². The van der Waals surface area contributed by atoms with Crippen LogP contribution >= 0.6 is 11.6 Å². The Hall–Kier alpha value is -2.66.